The first kappa shape index (κ1) is 12.4. The molecule has 2 heterocycles. The van der Waals surface area contributed by atoms with Crippen LogP contribution in [0.2, 0.25) is 0 Å². The summed E-state index contributed by atoms with van der Waals surface area (Å²) < 4.78 is 4.88. The van der Waals surface area contributed by atoms with Crippen LogP contribution in [0.4, 0.5) is 10.5 Å². The lowest BCUT2D eigenvalue weighted by atomic mass is 10.1. The summed E-state index contributed by atoms with van der Waals surface area (Å²) in [7, 11) is 0. The van der Waals surface area contributed by atoms with Gasteiger partial charge < -0.3 is 10.5 Å². The molecule has 2 aromatic rings. The van der Waals surface area contributed by atoms with E-state index in [9.17, 15) is 4.79 Å². The van der Waals surface area contributed by atoms with E-state index in [4.69, 9.17) is 10.5 Å². The minimum atomic E-state index is -0.327. The summed E-state index contributed by atoms with van der Waals surface area (Å²) in [4.78, 5) is 21.6. The van der Waals surface area contributed by atoms with E-state index >= 15 is 0 Å². The van der Waals surface area contributed by atoms with Crippen molar-refractivity contribution in [2.24, 2.45) is 0 Å². The smallest absolute Gasteiger partial charge is 0.410 e. The molecule has 6 heteroatoms. The van der Waals surface area contributed by atoms with Gasteiger partial charge in [0.15, 0.2) is 0 Å². The molecule has 2 N–H and O–H groups in total. The second kappa shape index (κ2) is 5.16. The lowest BCUT2D eigenvalue weighted by Crippen LogP contribution is -2.24. The molecule has 1 saturated heterocycles. The SMILES string of the molecule is Nc1cnc(CN2CCOC2=O)nc1-c1ccccc1. The van der Waals surface area contributed by atoms with Crippen LogP contribution >= 0.6 is 0 Å². The summed E-state index contributed by atoms with van der Waals surface area (Å²) in [5.74, 6) is 0.553. The number of cyclic esters (lactones) is 1. The number of carbonyl (C=O) groups is 1. The highest BCUT2D eigenvalue weighted by Gasteiger charge is 2.23. The molecule has 1 amide bonds. The van der Waals surface area contributed by atoms with E-state index in [1.807, 2.05) is 30.3 Å². The molecule has 0 spiro atoms. The molecular formula is C14H14N4O2. The zero-order chi connectivity index (χ0) is 13.9. The number of ether oxygens (including phenoxy) is 1. The molecule has 0 bridgehead atoms. The van der Waals surface area contributed by atoms with Crippen molar-refractivity contribution in [1.29, 1.82) is 0 Å². The monoisotopic (exact) mass is 270 g/mol. The van der Waals surface area contributed by atoms with Gasteiger partial charge in [0.05, 0.1) is 30.7 Å². The largest absolute Gasteiger partial charge is 0.448 e. The molecular weight excluding hydrogens is 256 g/mol. The van der Waals surface area contributed by atoms with Gasteiger partial charge in [0, 0.05) is 5.56 Å². The maximum absolute atomic E-state index is 11.4. The number of rotatable bonds is 3. The van der Waals surface area contributed by atoms with Crippen LogP contribution in [0, 0.1) is 0 Å². The van der Waals surface area contributed by atoms with Gasteiger partial charge in [-0.05, 0) is 0 Å². The van der Waals surface area contributed by atoms with Crippen LogP contribution in [0.1, 0.15) is 5.82 Å². The first-order valence-electron chi connectivity index (χ1n) is 6.32. The number of carbonyl (C=O) groups excluding carboxylic acids is 1. The fraction of sp³-hybridized carbons (Fsp3) is 0.214. The Morgan fingerprint density at radius 1 is 1.30 bits per heavy atom. The van der Waals surface area contributed by atoms with Crippen molar-refractivity contribution in [3.8, 4) is 11.3 Å². The molecule has 1 aliphatic heterocycles. The Labute approximate surface area is 116 Å². The highest BCUT2D eigenvalue weighted by Crippen LogP contribution is 2.23. The van der Waals surface area contributed by atoms with Crippen molar-refractivity contribution < 1.29 is 9.53 Å². The number of hydrogen-bond donors (Lipinski definition) is 1. The Morgan fingerprint density at radius 2 is 2.10 bits per heavy atom. The van der Waals surface area contributed by atoms with E-state index in [-0.39, 0.29) is 6.09 Å². The molecule has 20 heavy (non-hydrogen) atoms. The molecule has 0 radical (unpaired) electrons. The first-order valence-corrected chi connectivity index (χ1v) is 6.32. The molecule has 6 nitrogen and oxygen atoms in total. The van der Waals surface area contributed by atoms with Crippen LogP contribution in [0.25, 0.3) is 11.3 Å². The summed E-state index contributed by atoms with van der Waals surface area (Å²) in [6.07, 6.45) is 1.25. The van der Waals surface area contributed by atoms with Gasteiger partial charge >= 0.3 is 6.09 Å². The van der Waals surface area contributed by atoms with Crippen molar-refractivity contribution in [1.82, 2.24) is 14.9 Å². The minimum Gasteiger partial charge on any atom is -0.448 e. The van der Waals surface area contributed by atoms with Crippen molar-refractivity contribution >= 4 is 11.8 Å². The molecule has 102 valence electrons. The predicted molar refractivity (Wildman–Crippen MR) is 73.6 cm³/mol. The number of nitrogens with zero attached hydrogens (tertiary/aromatic N) is 3. The Balaban J connectivity index is 1.89. The van der Waals surface area contributed by atoms with Gasteiger partial charge in [0.25, 0.3) is 0 Å². The zero-order valence-corrected chi connectivity index (χ0v) is 10.8. The van der Waals surface area contributed by atoms with Crippen molar-refractivity contribution in [2.45, 2.75) is 6.54 Å². The van der Waals surface area contributed by atoms with Crippen LogP contribution in [0.3, 0.4) is 0 Å². The molecule has 1 aliphatic rings. The van der Waals surface area contributed by atoms with Gasteiger partial charge in [-0.3, -0.25) is 4.90 Å². The summed E-state index contributed by atoms with van der Waals surface area (Å²) in [5.41, 5.74) is 8.06. The maximum Gasteiger partial charge on any atom is 0.410 e. The number of hydrogen-bond acceptors (Lipinski definition) is 5. The topological polar surface area (TPSA) is 81.3 Å². The van der Waals surface area contributed by atoms with Crippen molar-refractivity contribution in [3.63, 3.8) is 0 Å². The standard InChI is InChI=1S/C14H14N4O2/c15-11-8-16-12(9-18-6-7-20-14(18)19)17-13(11)10-4-2-1-3-5-10/h1-5,8H,6-7,9,15H2. The van der Waals surface area contributed by atoms with Gasteiger partial charge in [-0.1, -0.05) is 30.3 Å². The number of anilines is 1. The molecule has 0 atom stereocenters. The summed E-state index contributed by atoms with van der Waals surface area (Å²) in [6.45, 7) is 1.31. The zero-order valence-electron chi connectivity index (χ0n) is 10.8. The second-order valence-corrected chi connectivity index (χ2v) is 4.49. The summed E-state index contributed by atoms with van der Waals surface area (Å²) in [5, 5.41) is 0. The summed E-state index contributed by atoms with van der Waals surface area (Å²) in [6, 6.07) is 9.66. The van der Waals surface area contributed by atoms with Crippen molar-refractivity contribution in [3.05, 3.63) is 42.4 Å². The van der Waals surface area contributed by atoms with Crippen LogP contribution in [-0.4, -0.2) is 34.1 Å². The van der Waals surface area contributed by atoms with E-state index in [1.54, 1.807) is 11.1 Å². The Morgan fingerprint density at radius 3 is 2.80 bits per heavy atom. The molecule has 1 aromatic heterocycles. The first-order chi connectivity index (χ1) is 9.74. The molecule has 3 rings (SSSR count). The third-order valence-corrected chi connectivity index (χ3v) is 3.09. The van der Waals surface area contributed by atoms with Gasteiger partial charge in [0.1, 0.15) is 12.4 Å². The average Bonchev–Trinajstić information content (AvgIpc) is 2.87. The van der Waals surface area contributed by atoms with E-state index in [0.29, 0.717) is 36.9 Å². The highest BCUT2D eigenvalue weighted by molar-refractivity contribution is 5.72. The normalized spacial score (nSPS) is 14.4. The Bertz CT molecular complexity index is 630. The number of aromatic nitrogens is 2. The third kappa shape index (κ3) is 2.40. The molecule has 0 saturated carbocycles. The Kier molecular flexibility index (Phi) is 3.20. The lowest BCUT2D eigenvalue weighted by molar-refractivity contribution is 0.156. The van der Waals surface area contributed by atoms with E-state index in [1.165, 1.54) is 0 Å². The average molecular weight is 270 g/mol. The lowest BCUT2D eigenvalue weighted by Gasteiger charge is -2.12. The molecule has 0 unspecified atom stereocenters. The van der Waals surface area contributed by atoms with Gasteiger partial charge in [-0.25, -0.2) is 14.8 Å². The molecule has 0 aliphatic carbocycles. The van der Waals surface area contributed by atoms with E-state index in [0.717, 1.165) is 5.56 Å². The van der Waals surface area contributed by atoms with Gasteiger partial charge in [0.2, 0.25) is 0 Å². The van der Waals surface area contributed by atoms with Crippen molar-refractivity contribution in [2.75, 3.05) is 18.9 Å². The number of benzene rings is 1. The number of nitrogens with two attached hydrogens (primary N) is 1. The number of amides is 1. The van der Waals surface area contributed by atoms with E-state index in [2.05, 4.69) is 9.97 Å². The van der Waals surface area contributed by atoms with Crippen LogP contribution in [0.5, 0.6) is 0 Å². The third-order valence-electron chi connectivity index (χ3n) is 3.09. The quantitative estimate of drug-likeness (QED) is 0.917. The van der Waals surface area contributed by atoms with E-state index < -0.39 is 0 Å². The molecule has 1 aromatic carbocycles. The molecule has 1 fully saturated rings. The van der Waals surface area contributed by atoms with Gasteiger partial charge in [-0.2, -0.15) is 0 Å². The van der Waals surface area contributed by atoms with Crippen LogP contribution in [-0.2, 0) is 11.3 Å². The van der Waals surface area contributed by atoms with Crippen LogP contribution < -0.4 is 5.73 Å². The second-order valence-electron chi connectivity index (χ2n) is 4.49. The Hall–Kier alpha value is -2.63. The van der Waals surface area contributed by atoms with Crippen LogP contribution in [0.15, 0.2) is 36.5 Å². The fourth-order valence-electron chi connectivity index (χ4n) is 2.07. The predicted octanol–water partition coefficient (Wildman–Crippen LogP) is 1.68. The maximum atomic E-state index is 11.4. The highest BCUT2D eigenvalue weighted by atomic mass is 16.6. The number of nitrogen functional groups attached to an aromatic ring is 1. The fourth-order valence-corrected chi connectivity index (χ4v) is 2.07. The van der Waals surface area contributed by atoms with Gasteiger partial charge in [-0.15, -0.1) is 0 Å². The minimum absolute atomic E-state index is 0.327. The summed E-state index contributed by atoms with van der Waals surface area (Å²) >= 11 is 0.